The number of ether oxygens (including phenoxy) is 1. The second-order valence-corrected chi connectivity index (χ2v) is 3.31. The van der Waals surface area contributed by atoms with Crippen LogP contribution in [0.1, 0.15) is 0 Å². The van der Waals surface area contributed by atoms with E-state index in [4.69, 9.17) is 9.84 Å². The minimum Gasteiger partial charge on any atom is -0.497 e. The number of carboxylic acids is 1. The van der Waals surface area contributed by atoms with E-state index in [0.717, 1.165) is 0 Å². The summed E-state index contributed by atoms with van der Waals surface area (Å²) in [5.41, 5.74) is 0.647. The van der Waals surface area contributed by atoms with Crippen LogP contribution in [-0.2, 0) is 4.79 Å². The molecule has 92 valence electrons. The highest BCUT2D eigenvalue weighted by molar-refractivity contribution is 5.93. The molecule has 2 N–H and O–H groups in total. The largest absolute Gasteiger partial charge is 0.497 e. The fourth-order valence-electron chi connectivity index (χ4n) is 1.19. The molecule has 1 aromatic carbocycles. The average Bonchev–Trinajstić information content (AvgIpc) is 2.35. The lowest BCUT2D eigenvalue weighted by molar-refractivity contribution is -0.135. The van der Waals surface area contributed by atoms with Gasteiger partial charge in [-0.2, -0.15) is 0 Å². The summed E-state index contributed by atoms with van der Waals surface area (Å²) in [5, 5.41) is 10.7. The van der Waals surface area contributed by atoms with Gasteiger partial charge in [0.05, 0.1) is 7.11 Å². The maximum atomic E-state index is 11.5. The first-order chi connectivity index (χ1) is 8.04. The molecule has 0 heterocycles. The molecular weight excluding hydrogens is 224 g/mol. The number of anilines is 1. The van der Waals surface area contributed by atoms with E-state index in [-0.39, 0.29) is 0 Å². The summed E-state index contributed by atoms with van der Waals surface area (Å²) in [6.45, 7) is -0.403. The van der Waals surface area contributed by atoms with E-state index in [1.54, 1.807) is 38.4 Å². The zero-order valence-electron chi connectivity index (χ0n) is 9.64. The quantitative estimate of drug-likeness (QED) is 0.817. The Kier molecular flexibility index (Phi) is 4.33. The molecule has 0 radical (unpaired) electrons. The minimum absolute atomic E-state index is 0.403. The number of rotatable bonds is 4. The number of carbonyl (C=O) groups is 2. The van der Waals surface area contributed by atoms with Crippen LogP contribution < -0.4 is 15.0 Å². The van der Waals surface area contributed by atoms with Crippen LogP contribution >= 0.6 is 0 Å². The van der Waals surface area contributed by atoms with Crippen LogP contribution in [0.2, 0.25) is 0 Å². The Morgan fingerprint density at radius 3 is 2.41 bits per heavy atom. The van der Waals surface area contributed by atoms with Crippen molar-refractivity contribution in [2.45, 2.75) is 0 Å². The maximum absolute atomic E-state index is 11.5. The first-order valence-electron chi connectivity index (χ1n) is 4.92. The lowest BCUT2D eigenvalue weighted by atomic mass is 10.3. The van der Waals surface area contributed by atoms with Crippen molar-refractivity contribution in [3.63, 3.8) is 0 Å². The number of benzene rings is 1. The summed E-state index contributed by atoms with van der Waals surface area (Å²) in [7, 11) is 3.11. The van der Waals surface area contributed by atoms with Crippen molar-refractivity contribution in [2.75, 3.05) is 25.6 Å². The van der Waals surface area contributed by atoms with E-state index in [1.165, 1.54) is 4.90 Å². The van der Waals surface area contributed by atoms with Gasteiger partial charge in [-0.1, -0.05) is 0 Å². The number of hydrogen-bond acceptors (Lipinski definition) is 3. The molecule has 0 saturated heterocycles. The molecule has 0 spiro atoms. The maximum Gasteiger partial charge on any atom is 0.323 e. The first kappa shape index (κ1) is 12.8. The van der Waals surface area contributed by atoms with Gasteiger partial charge in [-0.15, -0.1) is 0 Å². The van der Waals surface area contributed by atoms with Gasteiger partial charge in [0.1, 0.15) is 12.3 Å². The Morgan fingerprint density at radius 2 is 1.94 bits per heavy atom. The van der Waals surface area contributed by atoms with Gasteiger partial charge >= 0.3 is 12.0 Å². The van der Waals surface area contributed by atoms with Crippen molar-refractivity contribution in [3.05, 3.63) is 24.3 Å². The molecule has 6 nitrogen and oxygen atoms in total. The highest BCUT2D eigenvalue weighted by atomic mass is 16.5. The third kappa shape index (κ3) is 3.67. The van der Waals surface area contributed by atoms with E-state index < -0.39 is 18.5 Å². The molecule has 0 bridgehead atoms. The minimum atomic E-state index is -1.08. The molecule has 0 aliphatic heterocycles. The lowest BCUT2D eigenvalue weighted by Gasteiger charge is -2.17. The van der Waals surface area contributed by atoms with Gasteiger partial charge in [-0.25, -0.2) is 4.79 Å². The Morgan fingerprint density at radius 1 is 1.35 bits per heavy atom. The predicted octanol–water partition coefficient (Wildman–Crippen LogP) is 0.926. The summed E-state index contributed by atoms with van der Waals surface area (Å²) in [6, 6.07) is 6.38. The second-order valence-electron chi connectivity index (χ2n) is 3.31. The third-order valence-corrected chi connectivity index (χ3v) is 2.16. The number of amides is 2. The fourth-order valence-corrected chi connectivity index (χ4v) is 1.19. The number of nitrogens with one attached hydrogen (secondary N) is 1. The third-order valence-electron chi connectivity index (χ3n) is 2.16. The zero-order valence-corrected chi connectivity index (χ0v) is 9.64. The summed E-state index contributed by atoms with van der Waals surface area (Å²) in [6.07, 6.45) is 0. The van der Waals surface area contributed by atoms with Crippen LogP contribution in [0.4, 0.5) is 10.5 Å². The van der Waals surface area contributed by atoms with Crippen LogP contribution in [0, 0.1) is 0 Å². The molecule has 2 amide bonds. The summed E-state index contributed by atoms with van der Waals surface area (Å²) >= 11 is 0. The molecule has 0 aromatic heterocycles. The normalized spacial score (nSPS) is 9.53. The van der Waals surface area contributed by atoms with E-state index in [2.05, 4.69) is 5.32 Å². The van der Waals surface area contributed by atoms with Crippen molar-refractivity contribution >= 4 is 17.7 Å². The number of methoxy groups -OCH3 is 1. The topological polar surface area (TPSA) is 78.9 Å². The van der Waals surface area contributed by atoms with Gasteiger partial charge in [-0.3, -0.25) is 9.69 Å². The highest BCUT2D eigenvalue weighted by Gasteiger charge is 2.11. The van der Waals surface area contributed by atoms with Gasteiger partial charge in [0.25, 0.3) is 0 Å². The van der Waals surface area contributed by atoms with Crippen molar-refractivity contribution in [1.82, 2.24) is 5.32 Å². The molecule has 1 aromatic rings. The molecule has 0 atom stereocenters. The van der Waals surface area contributed by atoms with Crippen LogP contribution in [0.15, 0.2) is 24.3 Å². The molecule has 17 heavy (non-hydrogen) atoms. The van der Waals surface area contributed by atoms with E-state index in [9.17, 15) is 9.59 Å². The number of hydrogen-bond donors (Lipinski definition) is 2. The SMILES string of the molecule is COc1ccc(N(C)C(=O)NCC(=O)O)cc1. The van der Waals surface area contributed by atoms with E-state index in [1.807, 2.05) is 0 Å². The fraction of sp³-hybridized carbons (Fsp3) is 0.273. The molecule has 6 heteroatoms. The number of nitrogens with zero attached hydrogens (tertiary/aromatic N) is 1. The Labute approximate surface area is 98.8 Å². The monoisotopic (exact) mass is 238 g/mol. The van der Waals surface area contributed by atoms with Crippen LogP contribution in [0.3, 0.4) is 0 Å². The summed E-state index contributed by atoms with van der Waals surface area (Å²) in [4.78, 5) is 23.1. The van der Waals surface area contributed by atoms with Crippen LogP contribution in [0.5, 0.6) is 5.75 Å². The first-order valence-corrected chi connectivity index (χ1v) is 4.92. The second kappa shape index (κ2) is 5.74. The lowest BCUT2D eigenvalue weighted by Crippen LogP contribution is -2.39. The van der Waals surface area contributed by atoms with Crippen molar-refractivity contribution in [3.8, 4) is 5.75 Å². The molecule has 0 aliphatic rings. The molecule has 0 saturated carbocycles. The molecule has 0 unspecified atom stereocenters. The van der Waals surface area contributed by atoms with E-state index >= 15 is 0 Å². The Balaban J connectivity index is 2.64. The van der Waals surface area contributed by atoms with Gasteiger partial charge < -0.3 is 15.2 Å². The summed E-state index contributed by atoms with van der Waals surface area (Å²) in [5.74, 6) is -0.394. The van der Waals surface area contributed by atoms with Crippen molar-refractivity contribution in [2.24, 2.45) is 0 Å². The van der Waals surface area contributed by atoms with Gasteiger partial charge in [0.2, 0.25) is 0 Å². The predicted molar refractivity (Wildman–Crippen MR) is 62.4 cm³/mol. The molecule has 0 fully saturated rings. The molecule has 1 rings (SSSR count). The molecular formula is C11H14N2O4. The van der Waals surface area contributed by atoms with Gasteiger partial charge in [0, 0.05) is 12.7 Å². The standard InChI is InChI=1S/C11H14N2O4/c1-13(11(16)12-7-10(14)15)8-3-5-9(17-2)6-4-8/h3-6H,7H2,1-2H3,(H,12,16)(H,14,15). The smallest absolute Gasteiger partial charge is 0.323 e. The van der Waals surface area contributed by atoms with Gasteiger partial charge in [-0.05, 0) is 24.3 Å². The number of aliphatic carboxylic acids is 1. The number of carbonyl (C=O) groups excluding carboxylic acids is 1. The molecule has 0 aliphatic carbocycles. The zero-order chi connectivity index (χ0) is 12.8. The Bertz CT molecular complexity index is 402. The van der Waals surface area contributed by atoms with Crippen LogP contribution in [0.25, 0.3) is 0 Å². The van der Waals surface area contributed by atoms with E-state index in [0.29, 0.717) is 11.4 Å². The highest BCUT2D eigenvalue weighted by Crippen LogP contribution is 2.17. The number of carboxylic acid groups (broad SMARTS) is 1. The van der Waals surface area contributed by atoms with Crippen LogP contribution in [-0.4, -0.2) is 37.8 Å². The van der Waals surface area contributed by atoms with Gasteiger partial charge in [0.15, 0.2) is 0 Å². The Hall–Kier alpha value is -2.24. The number of urea groups is 1. The van der Waals surface area contributed by atoms with Crippen molar-refractivity contribution in [1.29, 1.82) is 0 Å². The van der Waals surface area contributed by atoms with Crippen molar-refractivity contribution < 1.29 is 19.4 Å². The average molecular weight is 238 g/mol. The summed E-state index contributed by atoms with van der Waals surface area (Å²) < 4.78 is 4.99.